The molecule has 0 fully saturated rings. The van der Waals surface area contributed by atoms with Gasteiger partial charge in [0.2, 0.25) is 0 Å². The molecular formula is C9H9N3O2S. The highest BCUT2D eigenvalue weighted by molar-refractivity contribution is 7.19. The van der Waals surface area contributed by atoms with Crippen molar-refractivity contribution in [3.05, 3.63) is 22.0 Å². The van der Waals surface area contributed by atoms with Crippen molar-refractivity contribution in [2.75, 3.05) is 0 Å². The Bertz CT molecular complexity index is 567. The van der Waals surface area contributed by atoms with Crippen LogP contribution in [-0.4, -0.2) is 21.6 Å². The van der Waals surface area contributed by atoms with E-state index < -0.39 is 5.91 Å². The molecule has 2 aromatic heterocycles. The molecule has 0 unspecified atom stereocenters. The number of primary amides is 1. The maximum atomic E-state index is 11.1. The molecule has 78 valence electrons. The molecule has 0 aliphatic heterocycles. The molecular weight excluding hydrogens is 214 g/mol. The molecule has 5 nitrogen and oxygen atoms in total. The fraction of sp³-hybridized carbons (Fsp3) is 0.222. The molecule has 6 heteroatoms. The first kappa shape index (κ1) is 9.85. The van der Waals surface area contributed by atoms with E-state index >= 15 is 0 Å². The Kier molecular flexibility index (Phi) is 2.08. The Morgan fingerprint density at radius 2 is 2.20 bits per heavy atom. The highest BCUT2D eigenvalue weighted by Crippen LogP contribution is 2.24. The predicted octanol–water partition coefficient (Wildman–Crippen LogP) is 0.924. The Hall–Kier alpha value is -1.69. The molecule has 0 aliphatic rings. The molecule has 0 saturated heterocycles. The summed E-state index contributed by atoms with van der Waals surface area (Å²) in [7, 11) is 0. The number of imidazole rings is 1. The molecule has 0 radical (unpaired) electrons. The quantitative estimate of drug-likeness (QED) is 0.769. The van der Waals surface area contributed by atoms with Gasteiger partial charge in [-0.15, -0.1) is 0 Å². The summed E-state index contributed by atoms with van der Waals surface area (Å²) in [4.78, 5) is 27.2. The van der Waals surface area contributed by atoms with Gasteiger partial charge in [0, 0.05) is 5.69 Å². The first-order valence-corrected chi connectivity index (χ1v) is 5.11. The van der Waals surface area contributed by atoms with Crippen molar-refractivity contribution in [1.82, 2.24) is 9.38 Å². The molecule has 0 atom stereocenters. The minimum absolute atomic E-state index is 0.445. The SMILES string of the molecule is Cc1nc2sc(C(N)=O)c(C)n2c1C=O. The van der Waals surface area contributed by atoms with Gasteiger partial charge in [-0.25, -0.2) is 4.98 Å². The van der Waals surface area contributed by atoms with Gasteiger partial charge in [-0.3, -0.25) is 14.0 Å². The molecule has 0 aromatic carbocycles. The van der Waals surface area contributed by atoms with Gasteiger partial charge in [-0.1, -0.05) is 11.3 Å². The molecule has 15 heavy (non-hydrogen) atoms. The van der Waals surface area contributed by atoms with Crippen LogP contribution >= 0.6 is 11.3 Å². The second-order valence-corrected chi connectivity index (χ2v) is 4.18. The van der Waals surface area contributed by atoms with Crippen molar-refractivity contribution in [3.63, 3.8) is 0 Å². The van der Waals surface area contributed by atoms with Crippen LogP contribution in [0.25, 0.3) is 4.96 Å². The number of thiazole rings is 1. The zero-order valence-corrected chi connectivity index (χ0v) is 9.09. The van der Waals surface area contributed by atoms with E-state index in [-0.39, 0.29) is 0 Å². The Labute approximate surface area is 89.5 Å². The summed E-state index contributed by atoms with van der Waals surface area (Å²) >= 11 is 1.20. The van der Waals surface area contributed by atoms with Crippen molar-refractivity contribution >= 4 is 28.5 Å². The lowest BCUT2D eigenvalue weighted by atomic mass is 10.3. The molecule has 0 aliphatic carbocycles. The number of aryl methyl sites for hydroxylation is 2. The summed E-state index contributed by atoms with van der Waals surface area (Å²) in [6.07, 6.45) is 0.736. The summed E-state index contributed by atoms with van der Waals surface area (Å²) in [6.45, 7) is 3.50. The zero-order chi connectivity index (χ0) is 11.2. The lowest BCUT2D eigenvalue weighted by Crippen LogP contribution is -2.11. The van der Waals surface area contributed by atoms with Gasteiger partial charge in [0.1, 0.15) is 10.6 Å². The number of fused-ring (bicyclic) bond motifs is 1. The van der Waals surface area contributed by atoms with Crippen LogP contribution in [0.2, 0.25) is 0 Å². The third kappa shape index (κ3) is 1.25. The number of carbonyl (C=O) groups excluding carboxylic acids is 2. The summed E-state index contributed by atoms with van der Waals surface area (Å²) in [5, 5.41) is 0. The second-order valence-electron chi connectivity index (χ2n) is 3.20. The summed E-state index contributed by atoms with van der Waals surface area (Å²) in [6, 6.07) is 0. The van der Waals surface area contributed by atoms with Crippen LogP contribution in [0.3, 0.4) is 0 Å². The average molecular weight is 223 g/mol. The third-order valence-corrected chi connectivity index (χ3v) is 3.42. The standard InChI is InChI=1S/C9H9N3O2S/c1-4-6(3-13)12-5(2)7(8(10)14)15-9(12)11-4/h3H,1-2H3,(H2,10,14). The third-order valence-electron chi connectivity index (χ3n) is 2.26. The number of carbonyl (C=O) groups is 2. The van der Waals surface area contributed by atoms with Gasteiger partial charge in [0.25, 0.3) is 5.91 Å². The number of rotatable bonds is 2. The van der Waals surface area contributed by atoms with Crippen molar-refractivity contribution < 1.29 is 9.59 Å². The van der Waals surface area contributed by atoms with Gasteiger partial charge in [0.05, 0.1) is 5.69 Å². The molecule has 0 saturated carbocycles. The minimum Gasteiger partial charge on any atom is -0.365 e. The van der Waals surface area contributed by atoms with Crippen LogP contribution in [0.5, 0.6) is 0 Å². The topological polar surface area (TPSA) is 77.5 Å². The normalized spacial score (nSPS) is 10.8. The maximum Gasteiger partial charge on any atom is 0.260 e. The van der Waals surface area contributed by atoms with E-state index in [0.717, 1.165) is 6.29 Å². The minimum atomic E-state index is -0.488. The molecule has 2 rings (SSSR count). The van der Waals surface area contributed by atoms with Gasteiger partial charge in [-0.2, -0.15) is 0 Å². The predicted molar refractivity (Wildman–Crippen MR) is 56.4 cm³/mol. The van der Waals surface area contributed by atoms with Gasteiger partial charge in [0.15, 0.2) is 11.2 Å². The summed E-state index contributed by atoms with van der Waals surface area (Å²) in [5.41, 5.74) is 7.02. The largest absolute Gasteiger partial charge is 0.365 e. The Balaban J connectivity index is 2.86. The Morgan fingerprint density at radius 3 is 2.73 bits per heavy atom. The van der Waals surface area contributed by atoms with Crippen molar-refractivity contribution in [1.29, 1.82) is 0 Å². The molecule has 0 spiro atoms. The van der Waals surface area contributed by atoms with Crippen molar-refractivity contribution in [3.8, 4) is 0 Å². The summed E-state index contributed by atoms with van der Waals surface area (Å²) in [5.74, 6) is -0.488. The van der Waals surface area contributed by atoms with Gasteiger partial charge >= 0.3 is 0 Å². The Morgan fingerprint density at radius 1 is 1.53 bits per heavy atom. The van der Waals surface area contributed by atoms with Crippen molar-refractivity contribution in [2.24, 2.45) is 5.73 Å². The number of aromatic nitrogens is 2. The number of hydrogen-bond donors (Lipinski definition) is 1. The van der Waals surface area contributed by atoms with Crippen LogP contribution in [0.4, 0.5) is 0 Å². The molecule has 2 N–H and O–H groups in total. The van der Waals surface area contributed by atoms with Crippen LogP contribution in [0.15, 0.2) is 0 Å². The van der Waals surface area contributed by atoms with Crippen LogP contribution in [0, 0.1) is 13.8 Å². The highest BCUT2D eigenvalue weighted by Gasteiger charge is 2.18. The van der Waals surface area contributed by atoms with E-state index in [0.29, 0.717) is 26.9 Å². The fourth-order valence-corrected chi connectivity index (χ4v) is 2.57. The molecule has 2 heterocycles. The first-order valence-electron chi connectivity index (χ1n) is 4.29. The summed E-state index contributed by atoms with van der Waals surface area (Å²) < 4.78 is 1.66. The van der Waals surface area contributed by atoms with E-state index in [1.54, 1.807) is 18.2 Å². The van der Waals surface area contributed by atoms with Crippen molar-refractivity contribution in [2.45, 2.75) is 13.8 Å². The highest BCUT2D eigenvalue weighted by atomic mass is 32.1. The fourth-order valence-electron chi connectivity index (χ4n) is 1.54. The number of amides is 1. The molecule has 2 aromatic rings. The van der Waals surface area contributed by atoms with Gasteiger partial charge < -0.3 is 5.73 Å². The average Bonchev–Trinajstić information content (AvgIpc) is 2.63. The van der Waals surface area contributed by atoms with Crippen LogP contribution in [-0.2, 0) is 0 Å². The maximum absolute atomic E-state index is 11.1. The number of nitrogens with two attached hydrogens (primary N) is 1. The van der Waals surface area contributed by atoms with Gasteiger partial charge in [-0.05, 0) is 13.8 Å². The number of nitrogens with zero attached hydrogens (tertiary/aromatic N) is 2. The van der Waals surface area contributed by atoms with E-state index in [1.165, 1.54) is 11.3 Å². The number of aldehydes is 1. The second kappa shape index (κ2) is 3.16. The van der Waals surface area contributed by atoms with E-state index in [2.05, 4.69) is 4.98 Å². The lowest BCUT2D eigenvalue weighted by Gasteiger charge is -1.95. The van der Waals surface area contributed by atoms with Crippen LogP contribution in [0.1, 0.15) is 31.5 Å². The smallest absolute Gasteiger partial charge is 0.260 e. The first-order chi connectivity index (χ1) is 7.06. The number of hydrogen-bond acceptors (Lipinski definition) is 4. The molecule has 1 amide bonds. The van der Waals surface area contributed by atoms with E-state index in [4.69, 9.17) is 5.73 Å². The van der Waals surface area contributed by atoms with E-state index in [9.17, 15) is 9.59 Å². The monoisotopic (exact) mass is 223 g/mol. The zero-order valence-electron chi connectivity index (χ0n) is 8.27. The molecule has 0 bridgehead atoms. The van der Waals surface area contributed by atoms with E-state index in [1.807, 2.05) is 0 Å². The lowest BCUT2D eigenvalue weighted by molar-refractivity contribution is 0.100. The van der Waals surface area contributed by atoms with Crippen LogP contribution < -0.4 is 5.73 Å².